The van der Waals surface area contributed by atoms with Gasteiger partial charge in [-0.25, -0.2) is 0 Å². The van der Waals surface area contributed by atoms with Crippen LogP contribution in [0.15, 0.2) is 84.9 Å². The summed E-state index contributed by atoms with van der Waals surface area (Å²) in [4.78, 5) is 0. The molecule has 1 heterocycles. The second-order valence-electron chi connectivity index (χ2n) is 5.61. The third-order valence-electron chi connectivity index (χ3n) is 4.07. The van der Waals surface area contributed by atoms with Crippen molar-refractivity contribution in [3.05, 3.63) is 84.9 Å². The van der Waals surface area contributed by atoms with Gasteiger partial charge in [0.05, 0.1) is 0 Å². The standard InChI is InChI=1S/C21H16N2O/c24-21-19(17-9-5-2-6-10-17)22-23-20(21)18-13-11-16(12-14-18)15-7-3-1-4-8-15/h1-14,24H,(H,22,23). The fraction of sp³-hybridized carbons (Fsp3) is 0. The lowest BCUT2D eigenvalue weighted by Crippen LogP contribution is -1.81. The Labute approximate surface area is 140 Å². The molecule has 0 saturated carbocycles. The fourth-order valence-electron chi connectivity index (χ4n) is 2.79. The van der Waals surface area contributed by atoms with Gasteiger partial charge >= 0.3 is 0 Å². The molecular formula is C21H16N2O. The van der Waals surface area contributed by atoms with Crippen LogP contribution in [-0.2, 0) is 0 Å². The largest absolute Gasteiger partial charge is 0.504 e. The summed E-state index contributed by atoms with van der Waals surface area (Å²) in [6.45, 7) is 0. The van der Waals surface area contributed by atoms with E-state index in [4.69, 9.17) is 0 Å². The average Bonchev–Trinajstić information content (AvgIpc) is 3.05. The highest BCUT2D eigenvalue weighted by Gasteiger charge is 2.15. The Morgan fingerprint density at radius 1 is 0.583 bits per heavy atom. The minimum absolute atomic E-state index is 0.175. The number of benzene rings is 3. The SMILES string of the molecule is Oc1c(-c2ccc(-c3ccccc3)cc2)n[nH]c1-c1ccccc1. The summed E-state index contributed by atoms with van der Waals surface area (Å²) in [6.07, 6.45) is 0. The highest BCUT2D eigenvalue weighted by molar-refractivity contribution is 5.78. The van der Waals surface area contributed by atoms with Gasteiger partial charge in [0.25, 0.3) is 0 Å². The minimum atomic E-state index is 0.175. The topological polar surface area (TPSA) is 48.9 Å². The van der Waals surface area contributed by atoms with E-state index in [1.54, 1.807) is 0 Å². The molecule has 3 heteroatoms. The van der Waals surface area contributed by atoms with Gasteiger partial charge in [-0.1, -0.05) is 84.9 Å². The van der Waals surface area contributed by atoms with Crippen molar-refractivity contribution in [2.24, 2.45) is 0 Å². The molecule has 3 nitrogen and oxygen atoms in total. The van der Waals surface area contributed by atoms with E-state index in [0.717, 1.165) is 16.7 Å². The van der Waals surface area contributed by atoms with Crippen LogP contribution >= 0.6 is 0 Å². The lowest BCUT2D eigenvalue weighted by molar-refractivity contribution is 0.479. The predicted octanol–water partition coefficient (Wildman–Crippen LogP) is 5.12. The Bertz CT molecular complexity index is 942. The molecule has 116 valence electrons. The molecule has 0 spiro atoms. The highest BCUT2D eigenvalue weighted by Crippen LogP contribution is 2.36. The Hall–Kier alpha value is -3.33. The molecule has 4 rings (SSSR count). The van der Waals surface area contributed by atoms with Crippen LogP contribution < -0.4 is 0 Å². The van der Waals surface area contributed by atoms with E-state index in [2.05, 4.69) is 22.3 Å². The maximum Gasteiger partial charge on any atom is 0.169 e. The molecule has 24 heavy (non-hydrogen) atoms. The van der Waals surface area contributed by atoms with Gasteiger partial charge in [-0.05, 0) is 11.1 Å². The first kappa shape index (κ1) is 14.3. The number of aromatic nitrogens is 2. The molecule has 0 amide bonds. The van der Waals surface area contributed by atoms with E-state index in [1.165, 1.54) is 5.56 Å². The van der Waals surface area contributed by atoms with Crippen LogP contribution in [0.3, 0.4) is 0 Å². The first-order valence-corrected chi connectivity index (χ1v) is 7.81. The van der Waals surface area contributed by atoms with Crippen LogP contribution in [0.2, 0.25) is 0 Å². The number of rotatable bonds is 3. The molecule has 0 aliphatic carbocycles. The van der Waals surface area contributed by atoms with Gasteiger partial charge in [0, 0.05) is 11.1 Å². The quantitative estimate of drug-likeness (QED) is 0.552. The van der Waals surface area contributed by atoms with E-state index in [0.29, 0.717) is 11.4 Å². The number of aromatic amines is 1. The van der Waals surface area contributed by atoms with E-state index in [1.807, 2.05) is 72.8 Å². The first-order chi connectivity index (χ1) is 11.8. The highest BCUT2D eigenvalue weighted by atomic mass is 16.3. The van der Waals surface area contributed by atoms with Gasteiger partial charge in [-0.3, -0.25) is 5.10 Å². The van der Waals surface area contributed by atoms with Crippen LogP contribution in [0.5, 0.6) is 5.75 Å². The Kier molecular flexibility index (Phi) is 3.60. The number of aromatic hydroxyl groups is 1. The van der Waals surface area contributed by atoms with Crippen molar-refractivity contribution >= 4 is 0 Å². The molecule has 0 radical (unpaired) electrons. The van der Waals surface area contributed by atoms with Gasteiger partial charge < -0.3 is 5.11 Å². The zero-order valence-electron chi connectivity index (χ0n) is 13.0. The van der Waals surface area contributed by atoms with Gasteiger partial charge in [0.1, 0.15) is 11.4 Å². The van der Waals surface area contributed by atoms with Crippen molar-refractivity contribution in [1.82, 2.24) is 10.2 Å². The van der Waals surface area contributed by atoms with Crippen molar-refractivity contribution in [3.63, 3.8) is 0 Å². The third-order valence-corrected chi connectivity index (χ3v) is 4.07. The lowest BCUT2D eigenvalue weighted by atomic mass is 10.0. The Morgan fingerprint density at radius 2 is 1.08 bits per heavy atom. The molecule has 0 aliphatic rings. The van der Waals surface area contributed by atoms with E-state index in [9.17, 15) is 5.11 Å². The molecule has 0 aliphatic heterocycles. The maximum atomic E-state index is 10.5. The second-order valence-corrected chi connectivity index (χ2v) is 5.61. The molecule has 2 N–H and O–H groups in total. The molecule has 4 aromatic rings. The monoisotopic (exact) mass is 312 g/mol. The van der Waals surface area contributed by atoms with E-state index in [-0.39, 0.29) is 5.75 Å². The number of nitrogens with zero attached hydrogens (tertiary/aromatic N) is 1. The zero-order valence-corrected chi connectivity index (χ0v) is 13.0. The summed E-state index contributed by atoms with van der Waals surface area (Å²) in [5.41, 5.74) is 5.30. The molecule has 0 unspecified atom stereocenters. The summed E-state index contributed by atoms with van der Waals surface area (Å²) >= 11 is 0. The van der Waals surface area contributed by atoms with Gasteiger partial charge in [0.2, 0.25) is 0 Å². The summed E-state index contributed by atoms with van der Waals surface area (Å²) in [5, 5.41) is 17.8. The van der Waals surface area contributed by atoms with Crippen molar-refractivity contribution in [2.45, 2.75) is 0 Å². The number of H-pyrrole nitrogens is 1. The number of nitrogens with one attached hydrogen (secondary N) is 1. The predicted molar refractivity (Wildman–Crippen MR) is 96.6 cm³/mol. The van der Waals surface area contributed by atoms with Crippen LogP contribution in [0.4, 0.5) is 0 Å². The van der Waals surface area contributed by atoms with Crippen LogP contribution in [0, 0.1) is 0 Å². The molecule has 1 aromatic heterocycles. The zero-order chi connectivity index (χ0) is 16.4. The van der Waals surface area contributed by atoms with Crippen LogP contribution in [0.25, 0.3) is 33.6 Å². The van der Waals surface area contributed by atoms with E-state index < -0.39 is 0 Å². The summed E-state index contributed by atoms with van der Waals surface area (Å²) in [7, 11) is 0. The number of hydrogen-bond donors (Lipinski definition) is 2. The van der Waals surface area contributed by atoms with E-state index >= 15 is 0 Å². The summed E-state index contributed by atoms with van der Waals surface area (Å²) < 4.78 is 0. The van der Waals surface area contributed by atoms with Crippen LogP contribution in [-0.4, -0.2) is 15.3 Å². The molecule has 0 saturated heterocycles. The molecule has 0 fully saturated rings. The van der Waals surface area contributed by atoms with Gasteiger partial charge in [0.15, 0.2) is 5.75 Å². The fourth-order valence-corrected chi connectivity index (χ4v) is 2.79. The Morgan fingerprint density at radius 3 is 1.71 bits per heavy atom. The van der Waals surface area contributed by atoms with Crippen molar-refractivity contribution in [2.75, 3.05) is 0 Å². The van der Waals surface area contributed by atoms with Crippen molar-refractivity contribution < 1.29 is 5.11 Å². The first-order valence-electron chi connectivity index (χ1n) is 7.81. The van der Waals surface area contributed by atoms with Gasteiger partial charge in [-0.2, -0.15) is 5.10 Å². The molecule has 3 aromatic carbocycles. The third kappa shape index (κ3) is 2.57. The number of hydrogen-bond acceptors (Lipinski definition) is 2. The maximum absolute atomic E-state index is 10.5. The minimum Gasteiger partial charge on any atom is -0.504 e. The smallest absolute Gasteiger partial charge is 0.169 e. The molecular weight excluding hydrogens is 296 g/mol. The summed E-state index contributed by atoms with van der Waals surface area (Å²) in [6, 6.07) is 27.9. The molecule has 0 atom stereocenters. The van der Waals surface area contributed by atoms with Crippen LogP contribution in [0.1, 0.15) is 0 Å². The average molecular weight is 312 g/mol. The Balaban J connectivity index is 1.69. The van der Waals surface area contributed by atoms with Crippen molar-refractivity contribution in [1.29, 1.82) is 0 Å². The second kappa shape index (κ2) is 6.05. The normalized spacial score (nSPS) is 10.7. The summed E-state index contributed by atoms with van der Waals surface area (Å²) in [5.74, 6) is 0.175. The molecule has 0 bridgehead atoms. The van der Waals surface area contributed by atoms with Crippen molar-refractivity contribution in [3.8, 4) is 39.4 Å². The lowest BCUT2D eigenvalue weighted by Gasteiger charge is -2.03. The van der Waals surface area contributed by atoms with Gasteiger partial charge in [-0.15, -0.1) is 0 Å².